The van der Waals surface area contributed by atoms with Crippen LogP contribution in [0.25, 0.3) is 0 Å². The second kappa shape index (κ2) is 6.70. The van der Waals surface area contributed by atoms with Gasteiger partial charge in [0.15, 0.2) is 0 Å². The summed E-state index contributed by atoms with van der Waals surface area (Å²) in [6.45, 7) is 2.42. The predicted molar refractivity (Wildman–Crippen MR) is 88.6 cm³/mol. The maximum Gasteiger partial charge on any atom is 0.251 e. The Kier molecular flexibility index (Phi) is 4.94. The molecule has 0 aliphatic carbocycles. The van der Waals surface area contributed by atoms with Crippen molar-refractivity contribution in [1.29, 1.82) is 0 Å². The van der Waals surface area contributed by atoms with E-state index < -0.39 is 0 Å². The zero-order chi connectivity index (χ0) is 15.4. The van der Waals surface area contributed by atoms with E-state index in [1.54, 1.807) is 36.4 Å². The number of amides is 1. The molecule has 2 aromatic carbocycles. The Morgan fingerprint density at radius 1 is 1.19 bits per heavy atom. The van der Waals surface area contributed by atoms with Crippen molar-refractivity contribution in [2.24, 2.45) is 0 Å². The molecule has 0 fully saturated rings. The van der Waals surface area contributed by atoms with Crippen molar-refractivity contribution >= 4 is 46.2 Å². The molecule has 6 heteroatoms. The monoisotopic (exact) mass is 323 g/mol. The minimum Gasteiger partial charge on any atom is -0.397 e. The summed E-state index contributed by atoms with van der Waals surface area (Å²) in [5, 5.41) is 6.68. The smallest absolute Gasteiger partial charge is 0.251 e. The van der Waals surface area contributed by atoms with Crippen molar-refractivity contribution in [3.63, 3.8) is 0 Å². The van der Waals surface area contributed by atoms with Gasteiger partial charge in [-0.05, 0) is 37.3 Å². The Labute approximate surface area is 133 Å². The lowest BCUT2D eigenvalue weighted by Gasteiger charge is -2.13. The van der Waals surface area contributed by atoms with Crippen LogP contribution in [0.5, 0.6) is 0 Å². The van der Waals surface area contributed by atoms with E-state index >= 15 is 0 Å². The number of hydrogen-bond acceptors (Lipinski definition) is 3. The van der Waals surface area contributed by atoms with Gasteiger partial charge < -0.3 is 16.4 Å². The van der Waals surface area contributed by atoms with Crippen LogP contribution in [-0.2, 0) is 0 Å². The highest BCUT2D eigenvalue weighted by molar-refractivity contribution is 6.43. The molecule has 2 aromatic rings. The van der Waals surface area contributed by atoms with Gasteiger partial charge in [0.2, 0.25) is 0 Å². The van der Waals surface area contributed by atoms with Gasteiger partial charge in [-0.15, -0.1) is 0 Å². The second-order valence-electron chi connectivity index (χ2n) is 4.39. The van der Waals surface area contributed by atoms with Crippen LogP contribution in [-0.4, -0.2) is 12.5 Å². The van der Waals surface area contributed by atoms with Gasteiger partial charge >= 0.3 is 0 Å². The zero-order valence-corrected chi connectivity index (χ0v) is 12.9. The van der Waals surface area contributed by atoms with Gasteiger partial charge in [0.25, 0.3) is 5.91 Å². The molecule has 0 aliphatic rings. The number of rotatable bonds is 4. The van der Waals surface area contributed by atoms with Crippen LogP contribution in [0.15, 0.2) is 36.4 Å². The molecule has 0 aliphatic heterocycles. The minimum absolute atomic E-state index is 0.155. The number of carbonyl (C=O) groups is 1. The summed E-state index contributed by atoms with van der Waals surface area (Å²) in [5.41, 5.74) is 8.19. The highest BCUT2D eigenvalue weighted by Crippen LogP contribution is 2.33. The van der Waals surface area contributed by atoms with Crippen molar-refractivity contribution in [2.75, 3.05) is 17.6 Å². The summed E-state index contributed by atoms with van der Waals surface area (Å²) in [7, 11) is 0. The lowest BCUT2D eigenvalue weighted by atomic mass is 10.1. The number of hydrogen-bond donors (Lipinski definition) is 3. The highest BCUT2D eigenvalue weighted by atomic mass is 35.5. The normalized spacial score (nSPS) is 10.2. The van der Waals surface area contributed by atoms with E-state index in [-0.39, 0.29) is 5.91 Å². The summed E-state index contributed by atoms with van der Waals surface area (Å²) >= 11 is 12.1. The van der Waals surface area contributed by atoms with Crippen LogP contribution >= 0.6 is 23.2 Å². The molecule has 1 amide bonds. The number of benzene rings is 2. The van der Waals surface area contributed by atoms with E-state index in [9.17, 15) is 4.79 Å². The van der Waals surface area contributed by atoms with E-state index in [0.29, 0.717) is 39.2 Å². The van der Waals surface area contributed by atoms with E-state index in [1.807, 2.05) is 6.92 Å². The van der Waals surface area contributed by atoms with Crippen molar-refractivity contribution in [1.82, 2.24) is 5.32 Å². The molecule has 0 radical (unpaired) electrons. The summed E-state index contributed by atoms with van der Waals surface area (Å²) in [4.78, 5) is 11.9. The van der Waals surface area contributed by atoms with Crippen molar-refractivity contribution in [3.05, 3.63) is 52.0 Å². The molecule has 4 nitrogen and oxygen atoms in total. The number of anilines is 3. The number of nitrogen functional groups attached to an aromatic ring is 1. The zero-order valence-electron chi connectivity index (χ0n) is 11.4. The van der Waals surface area contributed by atoms with Gasteiger partial charge in [0, 0.05) is 12.1 Å². The third kappa shape index (κ3) is 3.60. The van der Waals surface area contributed by atoms with Crippen LogP contribution in [0.1, 0.15) is 17.3 Å². The van der Waals surface area contributed by atoms with Crippen LogP contribution in [0.2, 0.25) is 10.0 Å². The van der Waals surface area contributed by atoms with Crippen LogP contribution < -0.4 is 16.4 Å². The van der Waals surface area contributed by atoms with Gasteiger partial charge in [0.1, 0.15) is 0 Å². The minimum atomic E-state index is -0.155. The van der Waals surface area contributed by atoms with Gasteiger partial charge in [-0.2, -0.15) is 0 Å². The third-order valence-corrected chi connectivity index (χ3v) is 3.69. The van der Waals surface area contributed by atoms with Gasteiger partial charge in [-0.1, -0.05) is 29.3 Å². The molecule has 0 unspecified atom stereocenters. The molecule has 0 saturated heterocycles. The van der Waals surface area contributed by atoms with E-state index in [4.69, 9.17) is 28.9 Å². The molecule has 0 spiro atoms. The third-order valence-electron chi connectivity index (χ3n) is 2.87. The van der Waals surface area contributed by atoms with Crippen LogP contribution in [0, 0.1) is 0 Å². The fourth-order valence-corrected chi connectivity index (χ4v) is 2.16. The van der Waals surface area contributed by atoms with Gasteiger partial charge in [0.05, 0.1) is 27.1 Å². The predicted octanol–water partition coefficient (Wildman–Crippen LogP) is 4.07. The molecule has 0 saturated carbocycles. The van der Waals surface area contributed by atoms with Crippen LogP contribution in [0.3, 0.4) is 0 Å². The molecule has 0 aromatic heterocycles. The first-order valence-electron chi connectivity index (χ1n) is 6.41. The molecule has 0 heterocycles. The fraction of sp³-hybridized carbons (Fsp3) is 0.133. The first-order chi connectivity index (χ1) is 10.0. The largest absolute Gasteiger partial charge is 0.397 e. The van der Waals surface area contributed by atoms with E-state index in [1.165, 1.54) is 0 Å². The number of halogens is 2. The van der Waals surface area contributed by atoms with Gasteiger partial charge in [-0.3, -0.25) is 4.79 Å². The molecule has 0 atom stereocenters. The first-order valence-corrected chi connectivity index (χ1v) is 7.17. The molecule has 2 rings (SSSR count). The molecular formula is C15H15Cl2N3O. The SMILES string of the molecule is CCNC(=O)c1ccc(N)c(Nc2cccc(Cl)c2Cl)c1. The number of nitrogens with one attached hydrogen (secondary N) is 2. The highest BCUT2D eigenvalue weighted by Gasteiger charge is 2.10. The Morgan fingerprint density at radius 2 is 1.95 bits per heavy atom. The van der Waals surface area contributed by atoms with Crippen molar-refractivity contribution < 1.29 is 4.79 Å². The summed E-state index contributed by atoms with van der Waals surface area (Å²) < 4.78 is 0. The number of nitrogens with two attached hydrogens (primary N) is 1. The Balaban J connectivity index is 2.33. The Bertz CT molecular complexity index is 674. The first kappa shape index (κ1) is 15.5. The van der Waals surface area contributed by atoms with Crippen LogP contribution in [0.4, 0.5) is 17.1 Å². The Hall–Kier alpha value is -1.91. The molecule has 4 N–H and O–H groups in total. The molecule has 21 heavy (non-hydrogen) atoms. The summed E-state index contributed by atoms with van der Waals surface area (Å²) in [6.07, 6.45) is 0. The second-order valence-corrected chi connectivity index (χ2v) is 5.17. The number of carbonyl (C=O) groups excluding carboxylic acids is 1. The lowest BCUT2D eigenvalue weighted by molar-refractivity contribution is 0.0956. The maximum atomic E-state index is 11.9. The maximum absolute atomic E-state index is 11.9. The Morgan fingerprint density at radius 3 is 2.67 bits per heavy atom. The van der Waals surface area contributed by atoms with Crippen molar-refractivity contribution in [2.45, 2.75) is 6.92 Å². The summed E-state index contributed by atoms with van der Waals surface area (Å²) in [6, 6.07) is 10.3. The average Bonchev–Trinajstić information content (AvgIpc) is 2.46. The molecule has 110 valence electrons. The van der Waals surface area contributed by atoms with E-state index in [0.717, 1.165) is 0 Å². The lowest BCUT2D eigenvalue weighted by Crippen LogP contribution is -2.22. The quantitative estimate of drug-likeness (QED) is 0.743. The van der Waals surface area contributed by atoms with E-state index in [2.05, 4.69) is 10.6 Å². The van der Waals surface area contributed by atoms with Crippen molar-refractivity contribution in [3.8, 4) is 0 Å². The molecular weight excluding hydrogens is 309 g/mol. The standard InChI is InChI=1S/C15H15Cl2N3O/c1-2-19-15(21)9-6-7-11(18)13(8-9)20-12-5-3-4-10(16)14(12)17/h3-8,20H,2,18H2,1H3,(H,19,21). The molecule has 0 bridgehead atoms. The summed E-state index contributed by atoms with van der Waals surface area (Å²) in [5.74, 6) is -0.155. The average molecular weight is 324 g/mol. The topological polar surface area (TPSA) is 67.2 Å². The fourth-order valence-electron chi connectivity index (χ4n) is 1.81. The van der Waals surface area contributed by atoms with Gasteiger partial charge in [-0.25, -0.2) is 0 Å².